The van der Waals surface area contributed by atoms with Crippen LogP contribution in [-0.2, 0) is 18.5 Å². The van der Waals surface area contributed by atoms with E-state index in [0.717, 1.165) is 11.9 Å². The van der Waals surface area contributed by atoms with E-state index in [1.54, 1.807) is 0 Å². The van der Waals surface area contributed by atoms with E-state index in [0.29, 0.717) is 6.42 Å². The maximum Gasteiger partial charge on any atom is 0.490 e. The van der Waals surface area contributed by atoms with Crippen LogP contribution in [0.4, 0.5) is 4.79 Å². The molecule has 0 spiro atoms. The molecular formula is C24H44BNO5Si. The molecule has 0 saturated carbocycles. The number of fused-ring (bicyclic) bond motifs is 2. The van der Waals surface area contributed by atoms with Crippen LogP contribution < -0.4 is 0 Å². The van der Waals surface area contributed by atoms with Gasteiger partial charge in [-0.3, -0.25) is 4.90 Å². The van der Waals surface area contributed by atoms with Crippen LogP contribution in [0.15, 0.2) is 11.5 Å². The number of amides is 1. The van der Waals surface area contributed by atoms with Crippen molar-refractivity contribution in [3.8, 4) is 0 Å². The minimum Gasteiger partial charge on any atom is -0.444 e. The fraction of sp³-hybridized carbons (Fsp3) is 0.875. The van der Waals surface area contributed by atoms with E-state index < -0.39 is 32.2 Å². The van der Waals surface area contributed by atoms with Gasteiger partial charge in [0, 0.05) is 0 Å². The zero-order valence-electron chi connectivity index (χ0n) is 22.3. The topological polar surface area (TPSA) is 57.2 Å². The summed E-state index contributed by atoms with van der Waals surface area (Å²) in [6, 6.07) is -0.157. The van der Waals surface area contributed by atoms with Crippen molar-refractivity contribution in [3.05, 3.63) is 11.5 Å². The Morgan fingerprint density at radius 3 is 2.09 bits per heavy atom. The molecule has 3 atom stereocenters. The zero-order valence-corrected chi connectivity index (χ0v) is 23.3. The van der Waals surface area contributed by atoms with Gasteiger partial charge >= 0.3 is 13.2 Å². The highest BCUT2D eigenvalue weighted by atomic mass is 28.4. The maximum absolute atomic E-state index is 13.2. The van der Waals surface area contributed by atoms with E-state index in [1.807, 2.05) is 25.7 Å². The second-order valence-electron chi connectivity index (χ2n) is 13.2. The van der Waals surface area contributed by atoms with Gasteiger partial charge in [0.2, 0.25) is 0 Å². The molecule has 2 bridgehead atoms. The highest BCUT2D eigenvalue weighted by Crippen LogP contribution is 2.46. The average molecular weight is 466 g/mol. The number of hydrogen-bond donors (Lipinski definition) is 0. The van der Waals surface area contributed by atoms with E-state index in [9.17, 15) is 4.79 Å². The lowest BCUT2D eigenvalue weighted by molar-refractivity contribution is 0.00578. The molecule has 1 unspecified atom stereocenters. The van der Waals surface area contributed by atoms with Gasteiger partial charge in [-0.05, 0) is 84.9 Å². The summed E-state index contributed by atoms with van der Waals surface area (Å²) in [5.41, 5.74) is -0.213. The Balaban J connectivity index is 1.88. The normalized spacial score (nSPS) is 29.9. The lowest BCUT2D eigenvalue weighted by atomic mass is 9.73. The Morgan fingerprint density at radius 1 is 1.09 bits per heavy atom. The molecule has 8 heteroatoms. The predicted molar refractivity (Wildman–Crippen MR) is 131 cm³/mol. The molecule has 182 valence electrons. The lowest BCUT2D eigenvalue weighted by Crippen LogP contribution is -2.51. The summed E-state index contributed by atoms with van der Waals surface area (Å²) in [6.45, 7) is 25.3. The Bertz CT molecular complexity index is 764. The molecule has 3 aliphatic rings. The molecule has 0 aromatic carbocycles. The summed E-state index contributed by atoms with van der Waals surface area (Å²) >= 11 is 0. The molecule has 0 aromatic heterocycles. The van der Waals surface area contributed by atoms with E-state index in [4.69, 9.17) is 18.5 Å². The van der Waals surface area contributed by atoms with Crippen molar-refractivity contribution in [3.63, 3.8) is 0 Å². The van der Waals surface area contributed by atoms with E-state index >= 15 is 0 Å². The molecule has 6 nitrogen and oxygen atoms in total. The first-order chi connectivity index (χ1) is 14.2. The molecule has 2 fully saturated rings. The quantitative estimate of drug-likeness (QED) is 0.499. The van der Waals surface area contributed by atoms with E-state index in [-0.39, 0.29) is 29.3 Å². The van der Waals surface area contributed by atoms with Crippen molar-refractivity contribution in [1.82, 2.24) is 4.90 Å². The number of carbonyl (C=O) groups is 1. The Morgan fingerprint density at radius 2 is 1.62 bits per heavy atom. The van der Waals surface area contributed by atoms with E-state index in [2.05, 4.69) is 67.6 Å². The predicted octanol–water partition coefficient (Wildman–Crippen LogP) is 5.72. The Hall–Kier alpha value is -0.828. The fourth-order valence-corrected chi connectivity index (χ4v) is 5.67. The molecular weight excluding hydrogens is 421 g/mol. The highest BCUT2D eigenvalue weighted by Gasteiger charge is 2.57. The molecule has 3 aliphatic heterocycles. The zero-order chi connectivity index (χ0) is 24.5. The number of nitrogens with zero attached hydrogens (tertiary/aromatic N) is 1. The first kappa shape index (κ1) is 25.8. The van der Waals surface area contributed by atoms with Crippen LogP contribution in [0.5, 0.6) is 0 Å². The summed E-state index contributed by atoms with van der Waals surface area (Å²) in [4.78, 5) is 15.1. The third-order valence-electron chi connectivity index (χ3n) is 7.88. The molecule has 0 aliphatic carbocycles. The van der Waals surface area contributed by atoms with Crippen LogP contribution >= 0.6 is 0 Å². The SMILES string of the molecule is CC(C)(C)OC(=O)N1[C@@H]2CC(B3OC(C)(C)C(C)(C)O3)=C[C@H]1CC2O[Si](C)(C)C(C)(C)C. The molecule has 1 amide bonds. The summed E-state index contributed by atoms with van der Waals surface area (Å²) in [6.07, 6.45) is 3.32. The fourth-order valence-electron chi connectivity index (χ4n) is 4.31. The monoisotopic (exact) mass is 465 g/mol. The van der Waals surface area contributed by atoms with Gasteiger partial charge in [0.1, 0.15) is 5.60 Å². The number of hydrogen-bond acceptors (Lipinski definition) is 5. The van der Waals surface area contributed by atoms with Gasteiger partial charge in [-0.2, -0.15) is 0 Å². The van der Waals surface area contributed by atoms with E-state index in [1.165, 1.54) is 0 Å². The first-order valence-electron chi connectivity index (χ1n) is 12.0. The van der Waals surface area contributed by atoms with Gasteiger partial charge < -0.3 is 18.5 Å². The van der Waals surface area contributed by atoms with Crippen molar-refractivity contribution in [1.29, 1.82) is 0 Å². The van der Waals surface area contributed by atoms with Crippen LogP contribution in [0.25, 0.3) is 0 Å². The van der Waals surface area contributed by atoms with Crippen molar-refractivity contribution in [2.75, 3.05) is 0 Å². The van der Waals surface area contributed by atoms with Crippen LogP contribution in [-0.4, -0.2) is 61.4 Å². The molecule has 0 N–H and O–H groups in total. The van der Waals surface area contributed by atoms with Crippen molar-refractivity contribution >= 4 is 21.5 Å². The number of ether oxygens (including phenoxy) is 1. The van der Waals surface area contributed by atoms with Crippen LogP contribution in [0.1, 0.15) is 82.1 Å². The van der Waals surface area contributed by atoms with Crippen LogP contribution in [0.3, 0.4) is 0 Å². The summed E-state index contributed by atoms with van der Waals surface area (Å²) < 4.78 is 25.3. The molecule has 32 heavy (non-hydrogen) atoms. The van der Waals surface area contributed by atoms with Crippen molar-refractivity contribution in [2.45, 2.75) is 135 Å². The highest BCUT2D eigenvalue weighted by molar-refractivity contribution is 6.74. The maximum atomic E-state index is 13.2. The molecule has 0 radical (unpaired) electrons. The van der Waals surface area contributed by atoms with Crippen LogP contribution in [0, 0.1) is 0 Å². The van der Waals surface area contributed by atoms with Gasteiger partial charge in [-0.1, -0.05) is 26.8 Å². The van der Waals surface area contributed by atoms with Gasteiger partial charge in [0.25, 0.3) is 0 Å². The smallest absolute Gasteiger partial charge is 0.444 e. The average Bonchev–Trinajstić information content (AvgIpc) is 2.90. The lowest BCUT2D eigenvalue weighted by Gasteiger charge is -2.41. The molecule has 3 heterocycles. The molecule has 0 aromatic rings. The standard InChI is InChI=1S/C24H44BNO5Si/c1-21(2,3)28-20(27)26-17-13-16(25-30-23(7,8)24(9,10)31-25)14-18(26)19(15-17)29-32(11,12)22(4,5)6/h13,17-19H,14-15H2,1-12H3/t17-,18+,19?/m0/s1. The summed E-state index contributed by atoms with van der Waals surface area (Å²) in [7, 11) is -2.40. The van der Waals surface area contributed by atoms with Gasteiger partial charge in [0.05, 0.1) is 29.4 Å². The third-order valence-corrected chi connectivity index (χ3v) is 12.4. The van der Waals surface area contributed by atoms with Crippen molar-refractivity contribution in [2.24, 2.45) is 0 Å². The molecule has 2 saturated heterocycles. The first-order valence-corrected chi connectivity index (χ1v) is 14.9. The van der Waals surface area contributed by atoms with Gasteiger partial charge in [0.15, 0.2) is 8.32 Å². The Labute approximate surface area is 196 Å². The second-order valence-corrected chi connectivity index (χ2v) is 18.0. The summed E-state index contributed by atoms with van der Waals surface area (Å²) in [5, 5.41) is 0.0996. The number of rotatable bonds is 3. The minimum atomic E-state index is -2.00. The Kier molecular flexibility index (Phi) is 6.33. The number of carbonyl (C=O) groups excluding carboxylic acids is 1. The van der Waals surface area contributed by atoms with Crippen LogP contribution in [0.2, 0.25) is 18.1 Å². The molecule has 3 rings (SSSR count). The minimum absolute atomic E-state index is 0.0235. The van der Waals surface area contributed by atoms with Gasteiger partial charge in [-0.15, -0.1) is 0 Å². The second kappa shape index (κ2) is 7.86. The largest absolute Gasteiger partial charge is 0.490 e. The third kappa shape index (κ3) is 4.84. The van der Waals surface area contributed by atoms with Gasteiger partial charge in [-0.25, -0.2) is 4.79 Å². The summed E-state index contributed by atoms with van der Waals surface area (Å²) in [5.74, 6) is 0. The van der Waals surface area contributed by atoms with Crippen molar-refractivity contribution < 1.29 is 23.3 Å².